The largest absolute Gasteiger partial charge is 0.377 e. The molecule has 2 aliphatic heterocycles. The minimum atomic E-state index is -0.0412. The van der Waals surface area contributed by atoms with Crippen molar-refractivity contribution >= 4 is 34.9 Å². The van der Waals surface area contributed by atoms with Crippen LogP contribution in [0.3, 0.4) is 0 Å². The molecule has 5 rings (SSSR count). The molecular weight excluding hydrogens is 464 g/mol. The number of nitrogens with zero attached hydrogens (tertiary/aromatic N) is 2. The predicted octanol–water partition coefficient (Wildman–Crippen LogP) is 6.06. The maximum Gasteiger partial charge on any atom is 0.261 e. The molecule has 3 aromatic carbocycles. The van der Waals surface area contributed by atoms with E-state index in [1.165, 1.54) is 40.0 Å². The Labute approximate surface area is 219 Å². The molecule has 188 valence electrons. The van der Waals surface area contributed by atoms with Crippen LogP contribution >= 0.6 is 11.9 Å². The Balaban J connectivity index is 1.32. The van der Waals surface area contributed by atoms with Gasteiger partial charge in [-0.25, -0.2) is 0 Å². The average Bonchev–Trinajstić information content (AvgIpc) is 2.88. The van der Waals surface area contributed by atoms with Crippen LogP contribution in [0.1, 0.15) is 46.9 Å². The van der Waals surface area contributed by atoms with Gasteiger partial charge in [-0.3, -0.25) is 9.52 Å². The normalized spacial score (nSPS) is 18.8. The molecule has 0 radical (unpaired) electrons. The highest BCUT2D eigenvalue weighted by atomic mass is 32.2. The first-order valence-corrected chi connectivity index (χ1v) is 14.0. The van der Waals surface area contributed by atoms with Crippen LogP contribution in [-0.2, 0) is 6.42 Å². The average molecular weight is 501 g/mol. The number of hydrogen-bond acceptors (Lipinski definition) is 5. The topological polar surface area (TPSA) is 47.6 Å². The highest BCUT2D eigenvalue weighted by Crippen LogP contribution is 2.45. The van der Waals surface area contributed by atoms with Gasteiger partial charge >= 0.3 is 0 Å². The monoisotopic (exact) mass is 500 g/mol. The van der Waals surface area contributed by atoms with Crippen molar-refractivity contribution in [1.29, 1.82) is 0 Å². The Hall–Kier alpha value is -3.12. The summed E-state index contributed by atoms with van der Waals surface area (Å²) in [6.45, 7) is 10.9. The zero-order chi connectivity index (χ0) is 25.3. The molecule has 1 saturated heterocycles. The van der Waals surface area contributed by atoms with E-state index in [0.29, 0.717) is 5.56 Å². The first-order chi connectivity index (χ1) is 17.4. The van der Waals surface area contributed by atoms with Crippen LogP contribution in [0.2, 0.25) is 0 Å². The minimum Gasteiger partial charge on any atom is -0.377 e. The molecule has 5 nitrogen and oxygen atoms in total. The summed E-state index contributed by atoms with van der Waals surface area (Å²) in [6.07, 6.45) is 2.78. The maximum atomic E-state index is 12.3. The number of aryl methyl sites for hydroxylation is 1. The molecule has 2 heterocycles. The summed E-state index contributed by atoms with van der Waals surface area (Å²) in [5.41, 5.74) is 8.35. The number of piperazine rings is 1. The van der Waals surface area contributed by atoms with E-state index in [1.807, 2.05) is 18.4 Å². The summed E-state index contributed by atoms with van der Waals surface area (Å²) >= 11 is 1.33. The molecule has 36 heavy (non-hydrogen) atoms. The van der Waals surface area contributed by atoms with Crippen molar-refractivity contribution in [3.05, 3.63) is 89.0 Å². The smallest absolute Gasteiger partial charge is 0.261 e. The fourth-order valence-electron chi connectivity index (χ4n) is 5.68. The summed E-state index contributed by atoms with van der Waals surface area (Å²) in [4.78, 5) is 17.3. The number of hydrogen-bond donors (Lipinski definition) is 2. The van der Waals surface area contributed by atoms with E-state index >= 15 is 0 Å². The SMILES string of the molecule is CSNC(=O)c1ccc2c(c1)CC(C)(C)C(c1cccc(N3CCN(c4ccccc4C)CC3)c1)N2. The number of nitrogens with one attached hydrogen (secondary N) is 2. The van der Waals surface area contributed by atoms with Crippen LogP contribution in [0.25, 0.3) is 0 Å². The number of carbonyl (C=O) groups is 1. The summed E-state index contributed by atoms with van der Waals surface area (Å²) in [7, 11) is 0. The first-order valence-electron chi connectivity index (χ1n) is 12.7. The number of anilines is 3. The Bertz CT molecular complexity index is 1250. The van der Waals surface area contributed by atoms with Crippen molar-refractivity contribution in [2.24, 2.45) is 5.41 Å². The van der Waals surface area contributed by atoms with Crippen molar-refractivity contribution in [2.45, 2.75) is 33.2 Å². The highest BCUT2D eigenvalue weighted by Gasteiger charge is 2.36. The van der Waals surface area contributed by atoms with Crippen LogP contribution in [0, 0.1) is 12.3 Å². The second kappa shape index (κ2) is 10.1. The second-order valence-corrected chi connectivity index (χ2v) is 11.2. The number of para-hydroxylation sites is 1. The van der Waals surface area contributed by atoms with Crippen molar-refractivity contribution < 1.29 is 4.79 Å². The van der Waals surface area contributed by atoms with Gasteiger partial charge < -0.3 is 15.1 Å². The van der Waals surface area contributed by atoms with Gasteiger partial charge in [-0.15, -0.1) is 0 Å². The molecule has 1 unspecified atom stereocenters. The van der Waals surface area contributed by atoms with E-state index in [-0.39, 0.29) is 17.4 Å². The third-order valence-corrected chi connectivity index (χ3v) is 7.98. The fraction of sp³-hybridized carbons (Fsp3) is 0.367. The van der Waals surface area contributed by atoms with Crippen LogP contribution < -0.4 is 19.8 Å². The second-order valence-electron chi connectivity index (χ2n) is 10.6. The lowest BCUT2D eigenvalue weighted by atomic mass is 9.72. The molecule has 0 saturated carbocycles. The van der Waals surface area contributed by atoms with Gasteiger partial charge in [0.25, 0.3) is 5.91 Å². The van der Waals surface area contributed by atoms with E-state index in [0.717, 1.165) is 38.3 Å². The lowest BCUT2D eigenvalue weighted by Crippen LogP contribution is -2.46. The van der Waals surface area contributed by atoms with Crippen LogP contribution in [0.5, 0.6) is 0 Å². The lowest BCUT2D eigenvalue weighted by Gasteiger charge is -2.42. The van der Waals surface area contributed by atoms with E-state index in [1.54, 1.807) is 0 Å². The van der Waals surface area contributed by atoms with Crippen molar-refractivity contribution in [3.8, 4) is 0 Å². The van der Waals surface area contributed by atoms with Crippen molar-refractivity contribution in [2.75, 3.05) is 47.6 Å². The van der Waals surface area contributed by atoms with Crippen molar-refractivity contribution in [3.63, 3.8) is 0 Å². The van der Waals surface area contributed by atoms with Gasteiger partial charge in [-0.1, -0.05) is 56.1 Å². The summed E-state index contributed by atoms with van der Waals surface area (Å²) in [5.74, 6) is -0.0412. The standard InChI is InChI=1S/C30H36N4OS/c1-21-8-5-6-11-27(21)34-16-14-33(15-17-34)25-10-7-9-22(19-25)28-30(2,3)20-24-18-23(29(35)32-36-4)12-13-26(24)31-28/h5-13,18-19,28,31H,14-17,20H2,1-4H3,(H,32,35). The number of fused-ring (bicyclic) bond motifs is 1. The number of benzene rings is 3. The molecular formula is C30H36N4OS. The molecule has 2 N–H and O–H groups in total. The molecule has 1 atom stereocenters. The summed E-state index contributed by atoms with van der Waals surface area (Å²) in [5, 5.41) is 3.80. The third-order valence-electron chi connectivity index (χ3n) is 7.59. The Morgan fingerprint density at radius 2 is 1.72 bits per heavy atom. The van der Waals surface area contributed by atoms with Gasteiger partial charge in [-0.05, 0) is 71.8 Å². The van der Waals surface area contributed by atoms with E-state index in [9.17, 15) is 4.79 Å². The molecule has 1 fully saturated rings. The van der Waals surface area contributed by atoms with E-state index in [4.69, 9.17) is 0 Å². The van der Waals surface area contributed by atoms with Gasteiger partial charge in [0.05, 0.1) is 6.04 Å². The first kappa shape index (κ1) is 24.6. The molecule has 0 bridgehead atoms. The van der Waals surface area contributed by atoms with Gasteiger partial charge in [0, 0.05) is 55.1 Å². The van der Waals surface area contributed by atoms with Gasteiger partial charge in [-0.2, -0.15) is 0 Å². The zero-order valence-electron chi connectivity index (χ0n) is 21.7. The summed E-state index contributed by atoms with van der Waals surface area (Å²) in [6, 6.07) is 23.9. The number of carbonyl (C=O) groups excluding carboxylic acids is 1. The molecule has 0 spiro atoms. The van der Waals surface area contributed by atoms with Crippen molar-refractivity contribution in [1.82, 2.24) is 4.72 Å². The Kier molecular flexibility index (Phi) is 6.89. The van der Waals surface area contributed by atoms with Gasteiger partial charge in [0.15, 0.2) is 0 Å². The Morgan fingerprint density at radius 1 is 0.972 bits per heavy atom. The molecule has 3 aromatic rings. The van der Waals surface area contributed by atoms with Gasteiger partial charge in [0.2, 0.25) is 0 Å². The van der Waals surface area contributed by atoms with Gasteiger partial charge in [0.1, 0.15) is 0 Å². The van der Waals surface area contributed by atoms with Crippen LogP contribution in [0.15, 0.2) is 66.7 Å². The predicted molar refractivity (Wildman–Crippen MR) is 153 cm³/mol. The summed E-state index contributed by atoms with van der Waals surface area (Å²) < 4.78 is 2.83. The minimum absolute atomic E-state index is 0.00373. The number of rotatable bonds is 5. The highest BCUT2D eigenvalue weighted by molar-refractivity contribution is 7.97. The van der Waals surface area contributed by atoms with E-state index < -0.39 is 0 Å². The lowest BCUT2D eigenvalue weighted by molar-refractivity contribution is 0.0984. The molecule has 6 heteroatoms. The maximum absolute atomic E-state index is 12.3. The molecule has 2 aliphatic rings. The fourth-order valence-corrected chi connectivity index (χ4v) is 5.98. The quantitative estimate of drug-likeness (QED) is 0.417. The Morgan fingerprint density at radius 3 is 2.47 bits per heavy atom. The molecule has 0 aliphatic carbocycles. The van der Waals surface area contributed by atoms with Crippen LogP contribution in [-0.4, -0.2) is 38.3 Å². The van der Waals surface area contributed by atoms with E-state index in [2.05, 4.69) is 95.2 Å². The van der Waals surface area contributed by atoms with Crippen LogP contribution in [0.4, 0.5) is 17.1 Å². The third kappa shape index (κ3) is 4.92. The molecule has 0 aromatic heterocycles. The molecule has 1 amide bonds. The number of amides is 1. The zero-order valence-corrected chi connectivity index (χ0v) is 22.5.